The number of carbonyl (C=O) groups is 1. The molecule has 2 nitrogen and oxygen atoms in total. The monoisotopic (exact) mass is 268 g/mol. The fraction of sp³-hybridized carbons (Fsp3) is 0.417. The lowest BCUT2D eigenvalue weighted by molar-refractivity contribution is -0.112. The van der Waals surface area contributed by atoms with Crippen LogP contribution in [0.15, 0.2) is 22.7 Å². The number of halogens is 1. The Bertz CT molecular complexity index is 389. The highest BCUT2D eigenvalue weighted by Crippen LogP contribution is 2.38. The van der Waals surface area contributed by atoms with E-state index in [2.05, 4.69) is 15.9 Å². The van der Waals surface area contributed by atoms with Gasteiger partial charge in [0.25, 0.3) is 0 Å². The van der Waals surface area contributed by atoms with Crippen molar-refractivity contribution in [3.05, 3.63) is 28.2 Å². The summed E-state index contributed by atoms with van der Waals surface area (Å²) in [5.41, 5.74) is 0.602. The third kappa shape index (κ3) is 1.93. The number of rotatable bonds is 1. The van der Waals surface area contributed by atoms with E-state index >= 15 is 0 Å². The second kappa shape index (κ2) is 3.97. The Morgan fingerprint density at radius 1 is 1.53 bits per heavy atom. The molecule has 1 aliphatic rings. The number of ether oxygens (including phenoxy) is 1. The van der Waals surface area contributed by atoms with Crippen molar-refractivity contribution in [1.29, 1.82) is 0 Å². The molecule has 3 heteroatoms. The maximum absolute atomic E-state index is 11.2. The first-order chi connectivity index (χ1) is 7.15. The molecule has 1 aromatic carbocycles. The molecule has 0 saturated heterocycles. The van der Waals surface area contributed by atoms with Gasteiger partial charge in [0, 0.05) is 10.0 Å². The largest absolute Gasteiger partial charge is 0.493 e. The first kappa shape index (κ1) is 10.7. The average molecular weight is 269 g/mol. The van der Waals surface area contributed by atoms with Gasteiger partial charge in [-0.1, -0.05) is 22.0 Å². The van der Waals surface area contributed by atoms with Crippen LogP contribution in [0, 0.1) is 0 Å². The summed E-state index contributed by atoms with van der Waals surface area (Å²) in [7, 11) is 0. The molecule has 0 aromatic heterocycles. The van der Waals surface area contributed by atoms with Crippen LogP contribution in [0.1, 0.15) is 25.3 Å². The molecule has 1 heterocycles. The van der Waals surface area contributed by atoms with Gasteiger partial charge in [-0.2, -0.15) is 0 Å². The summed E-state index contributed by atoms with van der Waals surface area (Å²) in [6.07, 6.45) is 2.81. The van der Waals surface area contributed by atoms with E-state index in [1.54, 1.807) is 0 Å². The van der Waals surface area contributed by atoms with Gasteiger partial charge in [0.15, 0.2) is 0 Å². The number of aldehydes is 1. The van der Waals surface area contributed by atoms with Crippen molar-refractivity contribution in [1.82, 2.24) is 0 Å². The quantitative estimate of drug-likeness (QED) is 0.732. The zero-order valence-electron chi connectivity index (χ0n) is 8.63. The second-order valence-electron chi connectivity index (χ2n) is 4.13. The molecule has 0 radical (unpaired) electrons. The third-order valence-electron chi connectivity index (χ3n) is 2.92. The van der Waals surface area contributed by atoms with Gasteiger partial charge in [-0.05, 0) is 31.9 Å². The molecule has 15 heavy (non-hydrogen) atoms. The molecule has 0 N–H and O–H groups in total. The Balaban J connectivity index is 2.54. The predicted octanol–water partition coefficient (Wildman–Crippen LogP) is 3.08. The number of hydrogen-bond donors (Lipinski definition) is 0. The topological polar surface area (TPSA) is 26.3 Å². The van der Waals surface area contributed by atoms with E-state index in [0.717, 1.165) is 34.9 Å². The van der Waals surface area contributed by atoms with Crippen molar-refractivity contribution in [2.45, 2.75) is 25.2 Å². The summed E-state index contributed by atoms with van der Waals surface area (Å²) >= 11 is 3.41. The van der Waals surface area contributed by atoms with Crippen LogP contribution < -0.4 is 4.74 Å². The zero-order chi connectivity index (χ0) is 10.9. The molecule has 0 saturated carbocycles. The predicted molar refractivity (Wildman–Crippen MR) is 62.3 cm³/mol. The maximum Gasteiger partial charge on any atom is 0.130 e. The van der Waals surface area contributed by atoms with Crippen LogP contribution in [0.5, 0.6) is 5.75 Å². The standard InChI is InChI=1S/C12H13BrO2/c1-12(8-14)5-2-6-15-11-7-9(13)3-4-10(11)12/h3-4,7-8H,2,5-6H2,1H3. The van der Waals surface area contributed by atoms with Crippen molar-refractivity contribution in [2.24, 2.45) is 0 Å². The highest BCUT2D eigenvalue weighted by Gasteiger charge is 2.31. The van der Waals surface area contributed by atoms with E-state index in [4.69, 9.17) is 4.74 Å². The lowest BCUT2D eigenvalue weighted by atomic mass is 9.80. The molecule has 0 aliphatic carbocycles. The lowest BCUT2D eigenvalue weighted by Gasteiger charge is -2.22. The fourth-order valence-corrected chi connectivity index (χ4v) is 2.31. The normalized spacial score (nSPS) is 24.9. The second-order valence-corrected chi connectivity index (χ2v) is 5.04. The van der Waals surface area contributed by atoms with Gasteiger partial charge in [-0.15, -0.1) is 0 Å². The van der Waals surface area contributed by atoms with Crippen LogP contribution in [-0.2, 0) is 10.2 Å². The van der Waals surface area contributed by atoms with Gasteiger partial charge < -0.3 is 9.53 Å². The highest BCUT2D eigenvalue weighted by atomic mass is 79.9. The molecule has 0 fully saturated rings. The number of benzene rings is 1. The van der Waals surface area contributed by atoms with Crippen LogP contribution in [0.3, 0.4) is 0 Å². The van der Waals surface area contributed by atoms with Crippen molar-refractivity contribution < 1.29 is 9.53 Å². The van der Waals surface area contributed by atoms with Crippen LogP contribution in [-0.4, -0.2) is 12.9 Å². The van der Waals surface area contributed by atoms with Gasteiger partial charge in [-0.25, -0.2) is 0 Å². The van der Waals surface area contributed by atoms with Crippen LogP contribution in [0.25, 0.3) is 0 Å². The van der Waals surface area contributed by atoms with Gasteiger partial charge in [-0.3, -0.25) is 0 Å². The summed E-state index contributed by atoms with van der Waals surface area (Å²) in [5, 5.41) is 0. The SMILES string of the molecule is CC1(C=O)CCCOc2cc(Br)ccc21. The van der Waals surface area contributed by atoms with Crippen molar-refractivity contribution >= 4 is 22.2 Å². The van der Waals surface area contributed by atoms with E-state index in [9.17, 15) is 4.79 Å². The molecule has 0 bridgehead atoms. The Morgan fingerprint density at radius 3 is 3.07 bits per heavy atom. The molecule has 1 atom stereocenters. The molecular formula is C12H13BrO2. The maximum atomic E-state index is 11.2. The van der Waals surface area contributed by atoms with E-state index in [1.807, 2.05) is 25.1 Å². The van der Waals surface area contributed by atoms with Crippen molar-refractivity contribution in [2.75, 3.05) is 6.61 Å². The first-order valence-electron chi connectivity index (χ1n) is 5.05. The summed E-state index contributed by atoms with van der Waals surface area (Å²) in [4.78, 5) is 11.2. The van der Waals surface area contributed by atoms with Crippen LogP contribution >= 0.6 is 15.9 Å². The summed E-state index contributed by atoms with van der Waals surface area (Å²) in [5.74, 6) is 0.830. The molecule has 0 spiro atoms. The number of carbonyl (C=O) groups excluding carboxylic acids is 1. The summed E-state index contributed by atoms with van der Waals surface area (Å²) < 4.78 is 6.62. The summed E-state index contributed by atoms with van der Waals surface area (Å²) in [6.45, 7) is 2.66. The average Bonchev–Trinajstić information content (AvgIpc) is 2.39. The number of hydrogen-bond acceptors (Lipinski definition) is 2. The molecule has 0 amide bonds. The molecular weight excluding hydrogens is 256 g/mol. The van der Waals surface area contributed by atoms with Crippen molar-refractivity contribution in [3.63, 3.8) is 0 Å². The first-order valence-corrected chi connectivity index (χ1v) is 5.84. The minimum atomic E-state index is -0.396. The van der Waals surface area contributed by atoms with E-state index in [-0.39, 0.29) is 0 Å². The molecule has 1 aromatic rings. The fourth-order valence-electron chi connectivity index (χ4n) is 1.97. The molecule has 2 rings (SSSR count). The van der Waals surface area contributed by atoms with Crippen LogP contribution in [0.4, 0.5) is 0 Å². The van der Waals surface area contributed by atoms with Gasteiger partial charge in [0.2, 0.25) is 0 Å². The Kier molecular flexibility index (Phi) is 2.83. The minimum absolute atomic E-state index is 0.396. The zero-order valence-corrected chi connectivity index (χ0v) is 10.2. The third-order valence-corrected chi connectivity index (χ3v) is 3.41. The van der Waals surface area contributed by atoms with E-state index in [1.165, 1.54) is 0 Å². The lowest BCUT2D eigenvalue weighted by Crippen LogP contribution is -2.22. The van der Waals surface area contributed by atoms with Gasteiger partial charge >= 0.3 is 0 Å². The smallest absolute Gasteiger partial charge is 0.130 e. The van der Waals surface area contributed by atoms with Gasteiger partial charge in [0.1, 0.15) is 12.0 Å². The molecule has 1 unspecified atom stereocenters. The number of fused-ring (bicyclic) bond motifs is 1. The Labute approximate surface area is 97.8 Å². The van der Waals surface area contributed by atoms with Crippen LogP contribution in [0.2, 0.25) is 0 Å². The van der Waals surface area contributed by atoms with Gasteiger partial charge in [0.05, 0.1) is 12.0 Å². The minimum Gasteiger partial charge on any atom is -0.493 e. The van der Waals surface area contributed by atoms with Crippen molar-refractivity contribution in [3.8, 4) is 5.75 Å². The van der Waals surface area contributed by atoms with E-state index < -0.39 is 5.41 Å². The van der Waals surface area contributed by atoms with E-state index in [0.29, 0.717) is 6.61 Å². The highest BCUT2D eigenvalue weighted by molar-refractivity contribution is 9.10. The molecule has 1 aliphatic heterocycles. The molecule has 80 valence electrons. The Morgan fingerprint density at radius 2 is 2.33 bits per heavy atom. The summed E-state index contributed by atoms with van der Waals surface area (Å²) in [6, 6.07) is 5.86. The Hall–Kier alpha value is -0.830.